The van der Waals surface area contributed by atoms with E-state index in [2.05, 4.69) is 5.32 Å². The summed E-state index contributed by atoms with van der Waals surface area (Å²) in [6, 6.07) is 14.8. The first-order valence-electron chi connectivity index (χ1n) is 8.49. The summed E-state index contributed by atoms with van der Waals surface area (Å²) in [5.74, 6) is -0.314. The zero-order valence-corrected chi connectivity index (χ0v) is 16.3. The standard InChI is InChI=1S/C20H22Cl2N2O2/c1-3-24(19(26)12-14(2)15-8-5-4-6-9-15)13-18(25)23-20-16(21)10-7-11-17(20)22/h4-11,14H,3,12-13H2,1-2H3,(H,23,25). The van der Waals surface area contributed by atoms with Crippen molar-refractivity contribution in [3.63, 3.8) is 0 Å². The Morgan fingerprint density at radius 3 is 2.23 bits per heavy atom. The maximum Gasteiger partial charge on any atom is 0.244 e. The molecule has 0 aliphatic rings. The van der Waals surface area contributed by atoms with E-state index in [0.717, 1.165) is 5.56 Å². The Bertz CT molecular complexity index is 745. The topological polar surface area (TPSA) is 49.4 Å². The molecule has 0 saturated carbocycles. The van der Waals surface area contributed by atoms with Crippen LogP contribution in [0.4, 0.5) is 5.69 Å². The van der Waals surface area contributed by atoms with Crippen LogP contribution in [0, 0.1) is 0 Å². The van der Waals surface area contributed by atoms with Gasteiger partial charge in [-0.1, -0.05) is 66.5 Å². The molecule has 0 heterocycles. The fourth-order valence-electron chi connectivity index (χ4n) is 2.64. The van der Waals surface area contributed by atoms with Crippen molar-refractivity contribution in [3.8, 4) is 0 Å². The Morgan fingerprint density at radius 1 is 1.04 bits per heavy atom. The molecule has 2 aromatic rings. The molecule has 0 fully saturated rings. The van der Waals surface area contributed by atoms with Crippen molar-refractivity contribution in [1.82, 2.24) is 4.90 Å². The van der Waals surface area contributed by atoms with Crippen molar-refractivity contribution in [3.05, 3.63) is 64.1 Å². The smallest absolute Gasteiger partial charge is 0.244 e. The van der Waals surface area contributed by atoms with Gasteiger partial charge < -0.3 is 10.2 Å². The van der Waals surface area contributed by atoms with Gasteiger partial charge in [-0.25, -0.2) is 0 Å². The highest BCUT2D eigenvalue weighted by molar-refractivity contribution is 6.39. The molecule has 0 aliphatic heterocycles. The third-order valence-electron chi connectivity index (χ3n) is 4.15. The van der Waals surface area contributed by atoms with Crippen molar-refractivity contribution in [1.29, 1.82) is 0 Å². The van der Waals surface area contributed by atoms with Crippen LogP contribution in [0.25, 0.3) is 0 Å². The van der Waals surface area contributed by atoms with Crippen LogP contribution in [0.15, 0.2) is 48.5 Å². The van der Waals surface area contributed by atoms with Crippen LogP contribution < -0.4 is 5.32 Å². The average molecular weight is 393 g/mol. The van der Waals surface area contributed by atoms with E-state index in [0.29, 0.717) is 28.7 Å². The quantitative estimate of drug-likeness (QED) is 0.722. The summed E-state index contributed by atoms with van der Waals surface area (Å²) in [4.78, 5) is 26.4. The van der Waals surface area contributed by atoms with Gasteiger partial charge in [0.15, 0.2) is 0 Å². The maximum atomic E-state index is 12.6. The Kier molecular flexibility index (Phi) is 7.49. The molecule has 0 aliphatic carbocycles. The van der Waals surface area contributed by atoms with E-state index in [1.54, 1.807) is 18.2 Å². The number of nitrogens with zero attached hydrogens (tertiary/aromatic N) is 1. The molecule has 1 atom stereocenters. The first-order chi connectivity index (χ1) is 12.4. The summed E-state index contributed by atoms with van der Waals surface area (Å²) < 4.78 is 0. The molecular weight excluding hydrogens is 371 g/mol. The number of carbonyl (C=O) groups is 2. The van der Waals surface area contributed by atoms with Crippen LogP contribution in [-0.2, 0) is 9.59 Å². The number of rotatable bonds is 7. The average Bonchev–Trinajstić information content (AvgIpc) is 2.63. The molecule has 2 rings (SSSR count). The van der Waals surface area contributed by atoms with E-state index in [1.165, 1.54) is 4.90 Å². The van der Waals surface area contributed by atoms with Gasteiger partial charge in [0, 0.05) is 13.0 Å². The molecule has 138 valence electrons. The fourth-order valence-corrected chi connectivity index (χ4v) is 3.13. The van der Waals surface area contributed by atoms with Gasteiger partial charge in [0.05, 0.1) is 22.3 Å². The third kappa shape index (κ3) is 5.48. The van der Waals surface area contributed by atoms with Gasteiger partial charge in [0.2, 0.25) is 11.8 Å². The first kappa shape index (κ1) is 20.3. The molecule has 0 aromatic heterocycles. The van der Waals surface area contributed by atoms with E-state index in [-0.39, 0.29) is 24.3 Å². The van der Waals surface area contributed by atoms with Gasteiger partial charge >= 0.3 is 0 Å². The number of carbonyl (C=O) groups excluding carboxylic acids is 2. The van der Waals surface area contributed by atoms with Crippen LogP contribution in [0.3, 0.4) is 0 Å². The number of benzene rings is 2. The summed E-state index contributed by atoms with van der Waals surface area (Å²) in [7, 11) is 0. The molecule has 1 N–H and O–H groups in total. The van der Waals surface area contributed by atoms with E-state index < -0.39 is 0 Å². The monoisotopic (exact) mass is 392 g/mol. The minimum atomic E-state index is -0.331. The Labute approximate surface area is 164 Å². The molecule has 0 radical (unpaired) electrons. The lowest BCUT2D eigenvalue weighted by atomic mass is 9.97. The number of nitrogens with one attached hydrogen (secondary N) is 1. The van der Waals surface area contributed by atoms with E-state index in [4.69, 9.17) is 23.2 Å². The minimum Gasteiger partial charge on any atom is -0.334 e. The van der Waals surface area contributed by atoms with Gasteiger partial charge in [-0.15, -0.1) is 0 Å². The minimum absolute atomic E-state index is 0.0433. The molecule has 4 nitrogen and oxygen atoms in total. The molecule has 0 bridgehead atoms. The molecule has 26 heavy (non-hydrogen) atoms. The maximum absolute atomic E-state index is 12.6. The van der Waals surface area contributed by atoms with Crippen molar-refractivity contribution in [2.75, 3.05) is 18.4 Å². The van der Waals surface area contributed by atoms with Crippen LogP contribution in [0.2, 0.25) is 10.0 Å². The van der Waals surface area contributed by atoms with Gasteiger partial charge in [-0.05, 0) is 30.5 Å². The lowest BCUT2D eigenvalue weighted by Crippen LogP contribution is -2.38. The van der Waals surface area contributed by atoms with Gasteiger partial charge in [-0.2, -0.15) is 0 Å². The second-order valence-electron chi connectivity index (χ2n) is 6.07. The highest BCUT2D eigenvalue weighted by Gasteiger charge is 2.20. The summed E-state index contributed by atoms with van der Waals surface area (Å²) in [5.41, 5.74) is 1.46. The number of anilines is 1. The number of para-hydroxylation sites is 1. The Balaban J connectivity index is 1.97. The normalized spacial score (nSPS) is 11.7. The van der Waals surface area contributed by atoms with E-state index >= 15 is 0 Å². The summed E-state index contributed by atoms with van der Waals surface area (Å²) >= 11 is 12.1. The lowest BCUT2D eigenvalue weighted by Gasteiger charge is -2.22. The summed E-state index contributed by atoms with van der Waals surface area (Å²) in [6.45, 7) is 4.26. The summed E-state index contributed by atoms with van der Waals surface area (Å²) in [6.07, 6.45) is 0.345. The van der Waals surface area contributed by atoms with Gasteiger partial charge in [0.1, 0.15) is 0 Å². The predicted octanol–water partition coefficient (Wildman–Crippen LogP) is 4.97. The number of amides is 2. The Morgan fingerprint density at radius 2 is 1.65 bits per heavy atom. The predicted molar refractivity (Wildman–Crippen MR) is 107 cm³/mol. The molecular formula is C20H22Cl2N2O2. The number of halogens is 2. The SMILES string of the molecule is CCN(CC(=O)Nc1c(Cl)cccc1Cl)C(=O)CC(C)c1ccccc1. The zero-order valence-electron chi connectivity index (χ0n) is 14.8. The van der Waals surface area contributed by atoms with E-state index in [1.807, 2.05) is 44.2 Å². The summed E-state index contributed by atoms with van der Waals surface area (Å²) in [5, 5.41) is 3.40. The third-order valence-corrected chi connectivity index (χ3v) is 4.78. The number of hydrogen-bond acceptors (Lipinski definition) is 2. The Hall–Kier alpha value is -2.04. The fraction of sp³-hybridized carbons (Fsp3) is 0.300. The van der Waals surface area contributed by atoms with Crippen molar-refractivity contribution in [2.45, 2.75) is 26.2 Å². The highest BCUT2D eigenvalue weighted by atomic mass is 35.5. The molecule has 6 heteroatoms. The number of likely N-dealkylation sites (N-methyl/N-ethyl adjacent to an activating group) is 1. The van der Waals surface area contributed by atoms with Crippen LogP contribution in [0.1, 0.15) is 31.7 Å². The molecule has 2 aromatic carbocycles. The van der Waals surface area contributed by atoms with Gasteiger partial charge in [-0.3, -0.25) is 9.59 Å². The van der Waals surface area contributed by atoms with E-state index in [9.17, 15) is 9.59 Å². The van der Waals surface area contributed by atoms with Crippen LogP contribution >= 0.6 is 23.2 Å². The second-order valence-corrected chi connectivity index (χ2v) is 6.88. The molecule has 1 unspecified atom stereocenters. The van der Waals surface area contributed by atoms with Crippen LogP contribution in [-0.4, -0.2) is 29.8 Å². The molecule has 0 spiro atoms. The lowest BCUT2D eigenvalue weighted by molar-refractivity contribution is -0.134. The molecule has 2 amide bonds. The first-order valence-corrected chi connectivity index (χ1v) is 9.24. The largest absolute Gasteiger partial charge is 0.334 e. The van der Waals surface area contributed by atoms with Gasteiger partial charge in [0.25, 0.3) is 0 Å². The van der Waals surface area contributed by atoms with Crippen molar-refractivity contribution < 1.29 is 9.59 Å². The van der Waals surface area contributed by atoms with Crippen LogP contribution in [0.5, 0.6) is 0 Å². The van der Waals surface area contributed by atoms with Crippen molar-refractivity contribution >= 4 is 40.7 Å². The van der Waals surface area contributed by atoms with Crippen molar-refractivity contribution in [2.24, 2.45) is 0 Å². The zero-order chi connectivity index (χ0) is 19.1. The second kappa shape index (κ2) is 9.60. The number of hydrogen-bond donors (Lipinski definition) is 1. The highest BCUT2D eigenvalue weighted by Crippen LogP contribution is 2.29. The molecule has 0 saturated heterocycles.